The van der Waals surface area contributed by atoms with Crippen molar-refractivity contribution in [2.75, 3.05) is 32.4 Å². The Bertz CT molecular complexity index is 290. The largest absolute Gasteiger partial charge is 0.320 e. The zero-order chi connectivity index (χ0) is 12.0. The molecule has 0 aromatic heterocycles. The third-order valence-corrected chi connectivity index (χ3v) is 5.09. The van der Waals surface area contributed by atoms with Crippen LogP contribution >= 0.6 is 0 Å². The van der Waals surface area contributed by atoms with Crippen LogP contribution in [0.25, 0.3) is 0 Å². The molecule has 0 amide bonds. The molecule has 1 fully saturated rings. The lowest BCUT2D eigenvalue weighted by Gasteiger charge is -2.16. The Morgan fingerprint density at radius 2 is 2.19 bits per heavy atom. The van der Waals surface area contributed by atoms with E-state index in [1.54, 1.807) is 4.31 Å². The summed E-state index contributed by atoms with van der Waals surface area (Å²) in [5.74, 6) is 0.872. The van der Waals surface area contributed by atoms with Gasteiger partial charge >= 0.3 is 0 Å². The topological polar surface area (TPSA) is 49.4 Å². The molecule has 1 aliphatic heterocycles. The lowest BCUT2D eigenvalue weighted by molar-refractivity contribution is 0.443. The van der Waals surface area contributed by atoms with Gasteiger partial charge in [-0.15, -0.1) is 0 Å². The van der Waals surface area contributed by atoms with E-state index >= 15 is 0 Å². The molecule has 16 heavy (non-hydrogen) atoms. The van der Waals surface area contributed by atoms with Crippen molar-refractivity contribution in [1.82, 2.24) is 9.62 Å². The first-order chi connectivity index (χ1) is 7.60. The van der Waals surface area contributed by atoms with Crippen molar-refractivity contribution in [2.24, 2.45) is 5.92 Å². The number of rotatable bonds is 7. The van der Waals surface area contributed by atoms with Crippen molar-refractivity contribution in [3.8, 4) is 0 Å². The lowest BCUT2D eigenvalue weighted by atomic mass is 10.0. The Hall–Kier alpha value is -0.130. The van der Waals surface area contributed by atoms with Crippen molar-refractivity contribution in [3.05, 3.63) is 0 Å². The van der Waals surface area contributed by atoms with Crippen LogP contribution in [0, 0.1) is 5.92 Å². The molecule has 0 aromatic carbocycles. The van der Waals surface area contributed by atoms with E-state index in [-0.39, 0.29) is 5.75 Å². The van der Waals surface area contributed by atoms with Gasteiger partial charge in [0.25, 0.3) is 0 Å². The number of sulfonamides is 1. The summed E-state index contributed by atoms with van der Waals surface area (Å²) in [6.07, 6.45) is 4.05. The predicted octanol–water partition coefficient (Wildman–Crippen LogP) is 1.05. The molecule has 0 aliphatic carbocycles. The fourth-order valence-corrected chi connectivity index (χ4v) is 3.84. The van der Waals surface area contributed by atoms with Gasteiger partial charge in [-0.05, 0) is 38.8 Å². The average Bonchev–Trinajstić information content (AvgIpc) is 2.68. The summed E-state index contributed by atoms with van der Waals surface area (Å²) < 4.78 is 25.6. The molecule has 4 nitrogen and oxygen atoms in total. The third kappa shape index (κ3) is 4.03. The normalized spacial score (nSPS) is 22.8. The van der Waals surface area contributed by atoms with Gasteiger partial charge in [0.1, 0.15) is 0 Å². The highest BCUT2D eigenvalue weighted by Crippen LogP contribution is 2.23. The van der Waals surface area contributed by atoms with Crippen LogP contribution in [0.1, 0.15) is 32.6 Å². The molecule has 1 rings (SSSR count). The van der Waals surface area contributed by atoms with Gasteiger partial charge in [0, 0.05) is 13.1 Å². The van der Waals surface area contributed by atoms with Gasteiger partial charge in [0.2, 0.25) is 10.0 Å². The SMILES string of the molecule is CCCC1CCN(S(=O)(=O)CCCNC)C1. The minimum absolute atomic E-state index is 0.284. The molecule has 0 saturated carbocycles. The Labute approximate surface area is 99.5 Å². The number of hydrogen-bond acceptors (Lipinski definition) is 3. The first-order valence-electron chi connectivity index (χ1n) is 6.22. The van der Waals surface area contributed by atoms with Crippen LogP contribution in [0.2, 0.25) is 0 Å². The maximum atomic E-state index is 12.0. The number of nitrogens with zero attached hydrogens (tertiary/aromatic N) is 1. The second-order valence-corrected chi connectivity index (χ2v) is 6.66. The van der Waals surface area contributed by atoms with Crippen molar-refractivity contribution >= 4 is 10.0 Å². The van der Waals surface area contributed by atoms with Crippen LogP contribution in [0.5, 0.6) is 0 Å². The zero-order valence-corrected chi connectivity index (χ0v) is 11.2. The van der Waals surface area contributed by atoms with Crippen molar-refractivity contribution < 1.29 is 8.42 Å². The van der Waals surface area contributed by atoms with Crippen LogP contribution in [-0.2, 0) is 10.0 Å². The second-order valence-electron chi connectivity index (χ2n) is 4.57. The van der Waals surface area contributed by atoms with Crippen molar-refractivity contribution in [1.29, 1.82) is 0 Å². The number of hydrogen-bond donors (Lipinski definition) is 1. The van der Waals surface area contributed by atoms with Crippen LogP contribution in [-0.4, -0.2) is 45.2 Å². The smallest absolute Gasteiger partial charge is 0.214 e. The van der Waals surface area contributed by atoms with E-state index in [9.17, 15) is 8.42 Å². The van der Waals surface area contributed by atoms with E-state index in [0.29, 0.717) is 12.3 Å². The maximum absolute atomic E-state index is 12.0. The molecular formula is C11H24N2O2S. The number of nitrogens with one attached hydrogen (secondary N) is 1. The molecular weight excluding hydrogens is 224 g/mol. The fraction of sp³-hybridized carbons (Fsp3) is 1.00. The fourth-order valence-electron chi connectivity index (χ4n) is 2.25. The average molecular weight is 248 g/mol. The minimum Gasteiger partial charge on any atom is -0.320 e. The van der Waals surface area contributed by atoms with E-state index in [1.165, 1.54) is 0 Å². The summed E-state index contributed by atoms with van der Waals surface area (Å²) in [5.41, 5.74) is 0. The van der Waals surface area contributed by atoms with Gasteiger partial charge in [0.05, 0.1) is 5.75 Å². The van der Waals surface area contributed by atoms with Gasteiger partial charge in [-0.25, -0.2) is 12.7 Å². The molecule has 96 valence electrons. The molecule has 1 heterocycles. The Morgan fingerprint density at radius 3 is 2.81 bits per heavy atom. The molecule has 0 aromatic rings. The highest BCUT2D eigenvalue weighted by molar-refractivity contribution is 7.89. The van der Waals surface area contributed by atoms with E-state index in [0.717, 1.165) is 38.9 Å². The first-order valence-corrected chi connectivity index (χ1v) is 7.83. The molecule has 1 unspecified atom stereocenters. The van der Waals surface area contributed by atoms with Gasteiger partial charge in [-0.3, -0.25) is 0 Å². The lowest BCUT2D eigenvalue weighted by Crippen LogP contribution is -2.32. The molecule has 1 aliphatic rings. The summed E-state index contributed by atoms with van der Waals surface area (Å²) in [7, 11) is -1.14. The summed E-state index contributed by atoms with van der Waals surface area (Å²) in [6.45, 7) is 4.40. The molecule has 0 radical (unpaired) electrons. The molecule has 1 saturated heterocycles. The van der Waals surface area contributed by atoms with Gasteiger partial charge < -0.3 is 5.32 Å². The third-order valence-electron chi connectivity index (χ3n) is 3.17. The van der Waals surface area contributed by atoms with E-state index in [1.807, 2.05) is 7.05 Å². The van der Waals surface area contributed by atoms with Gasteiger partial charge in [-0.1, -0.05) is 13.3 Å². The summed E-state index contributed by atoms with van der Waals surface area (Å²) in [5, 5.41) is 2.98. The Kier molecular flexibility index (Phi) is 5.72. The zero-order valence-electron chi connectivity index (χ0n) is 10.4. The quantitative estimate of drug-likeness (QED) is 0.685. The predicted molar refractivity (Wildman–Crippen MR) is 66.9 cm³/mol. The van der Waals surface area contributed by atoms with Gasteiger partial charge in [-0.2, -0.15) is 0 Å². The van der Waals surface area contributed by atoms with Crippen LogP contribution in [0.3, 0.4) is 0 Å². The summed E-state index contributed by atoms with van der Waals surface area (Å²) in [4.78, 5) is 0. The monoisotopic (exact) mass is 248 g/mol. The summed E-state index contributed by atoms with van der Waals surface area (Å²) >= 11 is 0. The summed E-state index contributed by atoms with van der Waals surface area (Å²) in [6, 6.07) is 0. The molecule has 0 bridgehead atoms. The minimum atomic E-state index is -2.99. The standard InChI is InChI=1S/C11H24N2O2S/c1-3-5-11-6-8-13(10-11)16(14,15)9-4-7-12-2/h11-12H,3-10H2,1-2H3. The molecule has 1 atom stereocenters. The van der Waals surface area contributed by atoms with Crippen LogP contribution in [0.15, 0.2) is 0 Å². The molecule has 5 heteroatoms. The van der Waals surface area contributed by atoms with Gasteiger partial charge in [0.15, 0.2) is 0 Å². The molecule has 0 spiro atoms. The molecule has 1 N–H and O–H groups in total. The maximum Gasteiger partial charge on any atom is 0.214 e. The van der Waals surface area contributed by atoms with E-state index in [2.05, 4.69) is 12.2 Å². The Morgan fingerprint density at radius 1 is 1.44 bits per heavy atom. The highest BCUT2D eigenvalue weighted by Gasteiger charge is 2.30. The van der Waals surface area contributed by atoms with Crippen molar-refractivity contribution in [2.45, 2.75) is 32.6 Å². The van der Waals surface area contributed by atoms with Crippen molar-refractivity contribution in [3.63, 3.8) is 0 Å². The van der Waals surface area contributed by atoms with Crippen LogP contribution < -0.4 is 5.32 Å². The van der Waals surface area contributed by atoms with Crippen LogP contribution in [0.4, 0.5) is 0 Å². The highest BCUT2D eigenvalue weighted by atomic mass is 32.2. The van der Waals surface area contributed by atoms with E-state index < -0.39 is 10.0 Å². The first kappa shape index (κ1) is 13.9. The second kappa shape index (κ2) is 6.57. The Balaban J connectivity index is 2.39. The van der Waals surface area contributed by atoms with E-state index in [4.69, 9.17) is 0 Å².